The predicted molar refractivity (Wildman–Crippen MR) is 72.9 cm³/mol. The summed E-state index contributed by atoms with van der Waals surface area (Å²) >= 11 is 5.93. The molecule has 3 rings (SSSR count). The monoisotopic (exact) mass is 278 g/mol. The van der Waals surface area contributed by atoms with E-state index in [9.17, 15) is 9.59 Å². The van der Waals surface area contributed by atoms with E-state index in [0.29, 0.717) is 28.2 Å². The molecule has 0 fully saturated rings. The standard InChI is InChI=1S/C12H11ClN4O2/c1-2-5-16-10(18)8-6-7(13)3-4-9(8)17-11(16)14-15-12(17)19/h3-4,6H,2,5H2,1H3,(H,15,19). The van der Waals surface area contributed by atoms with Crippen LogP contribution >= 0.6 is 11.6 Å². The molecule has 3 aromatic rings. The first-order chi connectivity index (χ1) is 9.13. The van der Waals surface area contributed by atoms with E-state index in [0.717, 1.165) is 6.42 Å². The lowest BCUT2D eigenvalue weighted by Crippen LogP contribution is -2.25. The highest BCUT2D eigenvalue weighted by atomic mass is 35.5. The fourth-order valence-corrected chi connectivity index (χ4v) is 2.39. The normalized spacial score (nSPS) is 11.5. The van der Waals surface area contributed by atoms with Crippen molar-refractivity contribution in [3.63, 3.8) is 0 Å². The summed E-state index contributed by atoms with van der Waals surface area (Å²) in [7, 11) is 0. The van der Waals surface area contributed by atoms with Gasteiger partial charge in [-0.15, -0.1) is 5.10 Å². The molecule has 0 saturated carbocycles. The number of nitrogens with zero attached hydrogens (tertiary/aromatic N) is 3. The van der Waals surface area contributed by atoms with E-state index >= 15 is 0 Å². The highest BCUT2D eigenvalue weighted by Crippen LogP contribution is 2.16. The Labute approximate surface area is 112 Å². The van der Waals surface area contributed by atoms with Crippen molar-refractivity contribution in [3.8, 4) is 0 Å². The minimum absolute atomic E-state index is 0.189. The van der Waals surface area contributed by atoms with Gasteiger partial charge in [-0.05, 0) is 24.6 Å². The Kier molecular flexibility index (Phi) is 2.67. The van der Waals surface area contributed by atoms with Gasteiger partial charge in [0.15, 0.2) is 0 Å². The fraction of sp³-hybridized carbons (Fsp3) is 0.250. The minimum Gasteiger partial charge on any atom is -0.276 e. The van der Waals surface area contributed by atoms with Crippen molar-refractivity contribution >= 4 is 28.3 Å². The summed E-state index contributed by atoms with van der Waals surface area (Å²) in [5.74, 6) is 0.326. The molecule has 98 valence electrons. The Morgan fingerprint density at radius 1 is 1.37 bits per heavy atom. The Bertz CT molecular complexity index is 890. The predicted octanol–water partition coefficient (Wildman–Crippen LogP) is 1.40. The molecule has 0 atom stereocenters. The maximum absolute atomic E-state index is 12.4. The molecular formula is C12H11ClN4O2. The quantitative estimate of drug-likeness (QED) is 0.770. The second-order valence-corrected chi connectivity index (χ2v) is 4.72. The van der Waals surface area contributed by atoms with Gasteiger partial charge in [0.05, 0.1) is 10.9 Å². The summed E-state index contributed by atoms with van der Waals surface area (Å²) in [5.41, 5.74) is -0.0477. The van der Waals surface area contributed by atoms with Crippen LogP contribution in [0.2, 0.25) is 5.02 Å². The molecule has 0 saturated heterocycles. The molecule has 2 heterocycles. The molecule has 0 spiro atoms. The molecule has 0 aliphatic rings. The lowest BCUT2D eigenvalue weighted by atomic mass is 10.2. The van der Waals surface area contributed by atoms with Crippen LogP contribution in [0.4, 0.5) is 0 Å². The number of hydrogen-bond donors (Lipinski definition) is 1. The molecule has 6 nitrogen and oxygen atoms in total. The van der Waals surface area contributed by atoms with Crippen molar-refractivity contribution in [1.29, 1.82) is 0 Å². The Hall–Kier alpha value is -2.08. The average Bonchev–Trinajstić information content (AvgIpc) is 2.77. The van der Waals surface area contributed by atoms with E-state index in [1.807, 2.05) is 6.92 Å². The number of hydrogen-bond acceptors (Lipinski definition) is 3. The van der Waals surface area contributed by atoms with E-state index in [-0.39, 0.29) is 11.2 Å². The first kappa shape index (κ1) is 12.0. The number of H-pyrrole nitrogens is 1. The number of aromatic amines is 1. The second kappa shape index (κ2) is 4.24. The van der Waals surface area contributed by atoms with Crippen LogP contribution in [-0.4, -0.2) is 19.2 Å². The number of nitrogens with one attached hydrogen (secondary N) is 1. The van der Waals surface area contributed by atoms with Gasteiger partial charge >= 0.3 is 5.69 Å². The van der Waals surface area contributed by atoms with Crippen LogP contribution in [-0.2, 0) is 6.54 Å². The largest absolute Gasteiger partial charge is 0.349 e. The van der Waals surface area contributed by atoms with Crippen molar-refractivity contribution < 1.29 is 0 Å². The number of aromatic nitrogens is 4. The van der Waals surface area contributed by atoms with E-state index in [1.165, 1.54) is 8.97 Å². The summed E-state index contributed by atoms with van der Waals surface area (Å²) in [4.78, 5) is 24.3. The molecular weight excluding hydrogens is 268 g/mol. The zero-order valence-corrected chi connectivity index (χ0v) is 10.9. The zero-order chi connectivity index (χ0) is 13.6. The maximum Gasteiger partial charge on any atom is 0.349 e. The average molecular weight is 279 g/mol. The van der Waals surface area contributed by atoms with Crippen LogP contribution in [0, 0.1) is 0 Å². The number of benzene rings is 1. The number of halogens is 1. The summed E-state index contributed by atoms with van der Waals surface area (Å²) in [6.07, 6.45) is 0.767. The van der Waals surface area contributed by atoms with Crippen molar-refractivity contribution in [2.45, 2.75) is 19.9 Å². The van der Waals surface area contributed by atoms with Crippen LogP contribution in [0.5, 0.6) is 0 Å². The Morgan fingerprint density at radius 2 is 2.16 bits per heavy atom. The van der Waals surface area contributed by atoms with E-state index in [1.54, 1.807) is 18.2 Å². The third-order valence-electron chi connectivity index (χ3n) is 3.02. The zero-order valence-electron chi connectivity index (χ0n) is 10.2. The van der Waals surface area contributed by atoms with Crippen LogP contribution in [0.25, 0.3) is 16.7 Å². The van der Waals surface area contributed by atoms with Gasteiger partial charge in [-0.1, -0.05) is 18.5 Å². The number of fused-ring (bicyclic) bond motifs is 3. The Morgan fingerprint density at radius 3 is 2.89 bits per heavy atom. The molecule has 0 unspecified atom stereocenters. The molecule has 1 aromatic carbocycles. The van der Waals surface area contributed by atoms with Gasteiger partial charge in [0.2, 0.25) is 5.78 Å². The summed E-state index contributed by atoms with van der Waals surface area (Å²) in [5, 5.41) is 7.18. The first-order valence-corrected chi connectivity index (χ1v) is 6.30. The fourth-order valence-electron chi connectivity index (χ4n) is 2.22. The van der Waals surface area contributed by atoms with Crippen molar-refractivity contribution in [2.24, 2.45) is 0 Å². The molecule has 0 aliphatic carbocycles. The van der Waals surface area contributed by atoms with Gasteiger partial charge in [-0.3, -0.25) is 9.36 Å². The molecule has 0 bridgehead atoms. The van der Waals surface area contributed by atoms with Gasteiger partial charge in [-0.2, -0.15) is 0 Å². The van der Waals surface area contributed by atoms with Crippen LogP contribution in [0.15, 0.2) is 27.8 Å². The maximum atomic E-state index is 12.4. The van der Waals surface area contributed by atoms with Crippen LogP contribution in [0.3, 0.4) is 0 Å². The van der Waals surface area contributed by atoms with Gasteiger partial charge in [0.25, 0.3) is 5.56 Å². The van der Waals surface area contributed by atoms with Crippen LogP contribution < -0.4 is 11.2 Å². The SMILES string of the molecule is CCCn1c(=O)c2cc(Cl)ccc2n2c(=O)[nH]nc12. The first-order valence-electron chi connectivity index (χ1n) is 5.92. The van der Waals surface area contributed by atoms with Gasteiger partial charge in [-0.25, -0.2) is 14.3 Å². The lowest BCUT2D eigenvalue weighted by molar-refractivity contribution is 0.663. The minimum atomic E-state index is -0.368. The van der Waals surface area contributed by atoms with Crippen molar-refractivity contribution in [1.82, 2.24) is 19.2 Å². The van der Waals surface area contributed by atoms with Crippen LogP contribution in [0.1, 0.15) is 13.3 Å². The third kappa shape index (κ3) is 1.67. The summed E-state index contributed by atoms with van der Waals surface area (Å²) < 4.78 is 2.87. The van der Waals surface area contributed by atoms with E-state index < -0.39 is 0 Å². The van der Waals surface area contributed by atoms with Crippen molar-refractivity contribution in [2.75, 3.05) is 0 Å². The highest BCUT2D eigenvalue weighted by molar-refractivity contribution is 6.31. The lowest BCUT2D eigenvalue weighted by Gasteiger charge is -2.08. The third-order valence-corrected chi connectivity index (χ3v) is 3.25. The highest BCUT2D eigenvalue weighted by Gasteiger charge is 2.14. The second-order valence-electron chi connectivity index (χ2n) is 4.28. The Balaban J connectivity index is 2.63. The smallest absolute Gasteiger partial charge is 0.276 e. The van der Waals surface area contributed by atoms with E-state index in [2.05, 4.69) is 10.2 Å². The number of rotatable bonds is 2. The molecule has 0 aliphatic heterocycles. The van der Waals surface area contributed by atoms with Gasteiger partial charge in [0.1, 0.15) is 0 Å². The van der Waals surface area contributed by atoms with Crippen molar-refractivity contribution in [3.05, 3.63) is 44.1 Å². The summed E-state index contributed by atoms with van der Waals surface area (Å²) in [6, 6.07) is 4.87. The molecule has 0 amide bonds. The van der Waals surface area contributed by atoms with Gasteiger partial charge < -0.3 is 0 Å². The summed E-state index contributed by atoms with van der Waals surface area (Å²) in [6.45, 7) is 2.45. The number of aryl methyl sites for hydroxylation is 1. The molecule has 2 aromatic heterocycles. The topological polar surface area (TPSA) is 72.2 Å². The molecule has 19 heavy (non-hydrogen) atoms. The van der Waals surface area contributed by atoms with Gasteiger partial charge in [0, 0.05) is 11.6 Å². The molecule has 7 heteroatoms. The molecule has 1 N–H and O–H groups in total. The van der Waals surface area contributed by atoms with E-state index in [4.69, 9.17) is 11.6 Å². The molecule has 0 radical (unpaired) electrons.